The molecule has 1 aliphatic rings. The molecule has 0 atom stereocenters. The highest BCUT2D eigenvalue weighted by Crippen LogP contribution is 2.41. The Morgan fingerprint density at radius 1 is 1.17 bits per heavy atom. The highest BCUT2D eigenvalue weighted by atomic mass is 32.2. The highest BCUT2D eigenvalue weighted by molar-refractivity contribution is 7.96. The van der Waals surface area contributed by atoms with Gasteiger partial charge in [-0.2, -0.15) is 0 Å². The molecule has 0 radical (unpaired) electrons. The predicted molar refractivity (Wildman–Crippen MR) is 116 cm³/mol. The third-order valence-corrected chi connectivity index (χ3v) is 7.08. The van der Waals surface area contributed by atoms with Crippen LogP contribution in [0, 0.1) is 6.92 Å². The van der Waals surface area contributed by atoms with Gasteiger partial charge in [0.15, 0.2) is 0 Å². The standard InChI is InChI=1S/C21H27N3O5S/c1-6-8-17-20(29-11-7-2)15-10-9-14(12-16(15)24(5)30(17,27)28)19(25)18-13(3)22-23(4)21(18)26/h9-10,12,22H,6-8,11H2,1-5H3. The molecular weight excluding hydrogens is 406 g/mol. The zero-order valence-corrected chi connectivity index (χ0v) is 18.7. The minimum atomic E-state index is -3.77. The number of aromatic nitrogens is 2. The van der Waals surface area contributed by atoms with Crippen LogP contribution < -0.4 is 9.86 Å². The number of benzene rings is 1. The summed E-state index contributed by atoms with van der Waals surface area (Å²) in [7, 11) is -0.766. The first-order chi connectivity index (χ1) is 14.1. The van der Waals surface area contributed by atoms with Gasteiger partial charge in [0.1, 0.15) is 16.2 Å². The summed E-state index contributed by atoms with van der Waals surface area (Å²) >= 11 is 0. The topological polar surface area (TPSA) is 101 Å². The van der Waals surface area contributed by atoms with Gasteiger partial charge >= 0.3 is 0 Å². The van der Waals surface area contributed by atoms with E-state index in [1.165, 1.54) is 29.1 Å². The summed E-state index contributed by atoms with van der Waals surface area (Å²) in [5.74, 6) is -0.109. The van der Waals surface area contributed by atoms with Crippen molar-refractivity contribution in [2.75, 3.05) is 18.0 Å². The summed E-state index contributed by atoms with van der Waals surface area (Å²) in [5.41, 5.74) is 1.31. The van der Waals surface area contributed by atoms with E-state index in [0.29, 0.717) is 42.2 Å². The number of allylic oxidation sites excluding steroid dienone is 1. The molecule has 1 aromatic carbocycles. The average Bonchev–Trinajstić information content (AvgIpc) is 2.96. The number of rotatable bonds is 7. The van der Waals surface area contributed by atoms with Gasteiger partial charge in [-0.3, -0.25) is 23.7 Å². The van der Waals surface area contributed by atoms with E-state index in [-0.39, 0.29) is 16.0 Å². The lowest BCUT2D eigenvalue weighted by Gasteiger charge is -2.31. The van der Waals surface area contributed by atoms with Gasteiger partial charge in [-0.1, -0.05) is 26.3 Å². The zero-order valence-electron chi connectivity index (χ0n) is 17.9. The van der Waals surface area contributed by atoms with Crippen molar-refractivity contribution in [3.63, 3.8) is 0 Å². The van der Waals surface area contributed by atoms with E-state index >= 15 is 0 Å². The summed E-state index contributed by atoms with van der Waals surface area (Å²) in [5, 5.41) is 2.81. The average molecular weight is 434 g/mol. The largest absolute Gasteiger partial charge is 0.492 e. The van der Waals surface area contributed by atoms with E-state index in [4.69, 9.17) is 4.74 Å². The van der Waals surface area contributed by atoms with Crippen LogP contribution >= 0.6 is 0 Å². The van der Waals surface area contributed by atoms with Crippen LogP contribution in [0.5, 0.6) is 0 Å². The van der Waals surface area contributed by atoms with Crippen molar-refractivity contribution in [2.45, 2.75) is 40.0 Å². The molecule has 30 heavy (non-hydrogen) atoms. The maximum absolute atomic E-state index is 13.1. The number of aromatic amines is 1. The first-order valence-electron chi connectivity index (χ1n) is 9.94. The van der Waals surface area contributed by atoms with Crippen LogP contribution in [0.4, 0.5) is 5.69 Å². The molecule has 0 unspecified atom stereocenters. The van der Waals surface area contributed by atoms with Crippen LogP contribution in [0.1, 0.15) is 60.3 Å². The minimum Gasteiger partial charge on any atom is -0.492 e. The molecule has 1 aromatic heterocycles. The summed E-state index contributed by atoms with van der Waals surface area (Å²) < 4.78 is 34.6. The first kappa shape index (κ1) is 21.9. The van der Waals surface area contributed by atoms with Gasteiger partial charge in [-0.05, 0) is 31.9 Å². The Balaban J connectivity index is 2.18. The van der Waals surface area contributed by atoms with E-state index in [0.717, 1.165) is 6.42 Å². The summed E-state index contributed by atoms with van der Waals surface area (Å²) in [4.78, 5) is 25.6. The number of sulfonamides is 1. The Morgan fingerprint density at radius 3 is 2.43 bits per heavy atom. The molecule has 0 spiro atoms. The molecule has 162 valence electrons. The van der Waals surface area contributed by atoms with E-state index in [9.17, 15) is 18.0 Å². The number of carbonyl (C=O) groups excluding carboxylic acids is 1. The first-order valence-corrected chi connectivity index (χ1v) is 11.4. The van der Waals surface area contributed by atoms with Gasteiger partial charge in [-0.15, -0.1) is 0 Å². The number of H-pyrrole nitrogens is 1. The molecule has 2 heterocycles. The van der Waals surface area contributed by atoms with Crippen LogP contribution in [0.3, 0.4) is 0 Å². The number of nitrogens with one attached hydrogen (secondary N) is 1. The Hall–Kier alpha value is -2.81. The van der Waals surface area contributed by atoms with Gasteiger partial charge < -0.3 is 4.74 Å². The lowest BCUT2D eigenvalue weighted by Crippen LogP contribution is -2.33. The van der Waals surface area contributed by atoms with Gasteiger partial charge in [0, 0.05) is 30.9 Å². The van der Waals surface area contributed by atoms with Gasteiger partial charge in [0.25, 0.3) is 15.6 Å². The smallest absolute Gasteiger partial charge is 0.277 e. The van der Waals surface area contributed by atoms with Crippen LogP contribution in [0.2, 0.25) is 0 Å². The monoisotopic (exact) mass is 433 g/mol. The van der Waals surface area contributed by atoms with Crippen molar-refractivity contribution in [3.05, 3.63) is 55.8 Å². The molecule has 1 N–H and O–H groups in total. The van der Waals surface area contributed by atoms with E-state index < -0.39 is 21.4 Å². The number of nitrogens with zero attached hydrogens (tertiary/aromatic N) is 2. The molecule has 1 aliphatic heterocycles. The maximum Gasteiger partial charge on any atom is 0.277 e. The molecule has 2 aromatic rings. The fourth-order valence-corrected chi connectivity index (χ4v) is 5.22. The lowest BCUT2D eigenvalue weighted by atomic mass is 9.99. The number of hydrogen-bond acceptors (Lipinski definition) is 5. The van der Waals surface area contributed by atoms with E-state index in [1.54, 1.807) is 19.1 Å². The molecule has 0 aliphatic carbocycles. The van der Waals surface area contributed by atoms with Crippen LogP contribution in [-0.4, -0.2) is 37.6 Å². The second kappa shape index (κ2) is 8.14. The third kappa shape index (κ3) is 3.47. The van der Waals surface area contributed by atoms with Crippen molar-refractivity contribution in [3.8, 4) is 0 Å². The van der Waals surface area contributed by atoms with Crippen molar-refractivity contribution < 1.29 is 17.9 Å². The molecule has 0 fully saturated rings. The van der Waals surface area contributed by atoms with Crippen molar-refractivity contribution >= 4 is 27.3 Å². The summed E-state index contributed by atoms with van der Waals surface area (Å²) in [6.45, 7) is 5.91. The van der Waals surface area contributed by atoms with E-state index in [2.05, 4.69) is 5.10 Å². The zero-order chi connectivity index (χ0) is 22.2. The number of carbonyl (C=O) groups is 1. The van der Waals surface area contributed by atoms with Crippen molar-refractivity contribution in [2.24, 2.45) is 7.05 Å². The fourth-order valence-electron chi connectivity index (χ4n) is 3.62. The molecule has 0 amide bonds. The molecule has 0 bridgehead atoms. The molecule has 9 heteroatoms. The number of anilines is 1. The minimum absolute atomic E-state index is 0.0449. The number of aryl methyl sites for hydroxylation is 2. The van der Waals surface area contributed by atoms with Gasteiger partial charge in [0.05, 0.1) is 12.3 Å². The van der Waals surface area contributed by atoms with Crippen molar-refractivity contribution in [1.29, 1.82) is 0 Å². The fraction of sp³-hybridized carbons (Fsp3) is 0.429. The summed E-state index contributed by atoms with van der Waals surface area (Å²) in [6, 6.07) is 4.82. The second-order valence-corrected chi connectivity index (χ2v) is 9.35. The van der Waals surface area contributed by atoms with Crippen LogP contribution in [-0.2, 0) is 21.8 Å². The second-order valence-electron chi connectivity index (χ2n) is 7.36. The molecule has 0 saturated heterocycles. The number of hydrogen-bond donors (Lipinski definition) is 1. The van der Waals surface area contributed by atoms with Crippen LogP contribution in [0.25, 0.3) is 5.76 Å². The van der Waals surface area contributed by atoms with E-state index in [1.807, 2.05) is 13.8 Å². The number of ketones is 1. The SMILES string of the molecule is CCCOC1=C(CCC)S(=O)(=O)N(C)c2cc(C(=O)c3c(C)[nH]n(C)c3=O)ccc21. The number of fused-ring (bicyclic) bond motifs is 1. The Bertz CT molecular complexity index is 1190. The van der Waals surface area contributed by atoms with Crippen molar-refractivity contribution in [1.82, 2.24) is 9.78 Å². The lowest BCUT2D eigenvalue weighted by molar-refractivity contribution is 0.103. The normalized spacial score (nSPS) is 15.3. The molecular formula is C21H27N3O5S. The van der Waals surface area contributed by atoms with Gasteiger partial charge in [-0.25, -0.2) is 8.42 Å². The molecule has 0 saturated carbocycles. The quantitative estimate of drug-likeness (QED) is 0.677. The summed E-state index contributed by atoms with van der Waals surface area (Å²) in [6.07, 6.45) is 1.76. The predicted octanol–water partition coefficient (Wildman–Crippen LogP) is 2.93. The molecule has 3 rings (SSSR count). The Kier molecular flexibility index (Phi) is 5.94. The maximum atomic E-state index is 13.1. The van der Waals surface area contributed by atoms with Crippen LogP contribution in [0.15, 0.2) is 27.9 Å². The Labute approximate surface area is 176 Å². The third-order valence-electron chi connectivity index (χ3n) is 5.15. The Morgan fingerprint density at radius 2 is 1.87 bits per heavy atom. The number of ether oxygens (including phenoxy) is 1. The molecule has 8 nitrogen and oxygen atoms in total. The highest BCUT2D eigenvalue weighted by Gasteiger charge is 2.36. The van der Waals surface area contributed by atoms with Gasteiger partial charge in [0.2, 0.25) is 5.78 Å².